The minimum atomic E-state index is -0.348. The van der Waals surface area contributed by atoms with Gasteiger partial charge in [-0.15, -0.1) is 0 Å². The van der Waals surface area contributed by atoms with Gasteiger partial charge in [0.1, 0.15) is 5.82 Å². The predicted octanol–water partition coefficient (Wildman–Crippen LogP) is 4.91. The molecule has 0 aromatic heterocycles. The molecule has 0 saturated heterocycles. The molecule has 0 bridgehead atoms. The quantitative estimate of drug-likeness (QED) is 0.658. The molecule has 136 valence electrons. The predicted molar refractivity (Wildman–Crippen MR) is 105 cm³/mol. The van der Waals surface area contributed by atoms with Crippen molar-refractivity contribution < 1.29 is 14.0 Å². The van der Waals surface area contributed by atoms with Gasteiger partial charge in [0, 0.05) is 11.3 Å². The first kappa shape index (κ1) is 18.6. The molecule has 2 N–H and O–H groups in total. The van der Waals surface area contributed by atoms with Gasteiger partial charge in [-0.3, -0.25) is 9.59 Å². The molecule has 3 rings (SSSR count). The van der Waals surface area contributed by atoms with Crippen LogP contribution in [-0.2, 0) is 11.2 Å². The van der Waals surface area contributed by atoms with Crippen LogP contribution in [0.3, 0.4) is 0 Å². The number of anilines is 2. The maximum atomic E-state index is 12.9. The summed E-state index contributed by atoms with van der Waals surface area (Å²) in [5.74, 6) is -0.872. The molecule has 0 unspecified atom stereocenters. The lowest BCUT2D eigenvalue weighted by atomic mass is 10.1. The Morgan fingerprint density at radius 3 is 2.26 bits per heavy atom. The Balaban J connectivity index is 1.63. The van der Waals surface area contributed by atoms with E-state index in [4.69, 9.17) is 11.6 Å². The van der Waals surface area contributed by atoms with Gasteiger partial charge < -0.3 is 10.6 Å². The Hall–Kier alpha value is -3.18. The van der Waals surface area contributed by atoms with Gasteiger partial charge in [0.25, 0.3) is 5.91 Å². The maximum absolute atomic E-state index is 12.9. The van der Waals surface area contributed by atoms with E-state index in [-0.39, 0.29) is 24.1 Å². The van der Waals surface area contributed by atoms with E-state index in [0.29, 0.717) is 27.5 Å². The molecule has 0 radical (unpaired) electrons. The van der Waals surface area contributed by atoms with E-state index in [0.717, 1.165) is 0 Å². The smallest absolute Gasteiger partial charge is 0.255 e. The number of carbonyl (C=O) groups is 2. The van der Waals surface area contributed by atoms with Crippen LogP contribution in [0.25, 0.3) is 0 Å². The minimum Gasteiger partial charge on any atom is -0.326 e. The Morgan fingerprint density at radius 1 is 0.889 bits per heavy atom. The van der Waals surface area contributed by atoms with Crippen LogP contribution in [0.5, 0.6) is 0 Å². The van der Waals surface area contributed by atoms with Gasteiger partial charge in [-0.25, -0.2) is 4.39 Å². The SMILES string of the molecule is O=C(Cc1ccc(F)cc1)Nc1ccc(NC(=O)c2ccccc2)c(Cl)c1. The fraction of sp³-hybridized carbons (Fsp3) is 0.0476. The third kappa shape index (κ3) is 5.15. The summed E-state index contributed by atoms with van der Waals surface area (Å²) < 4.78 is 12.9. The summed E-state index contributed by atoms with van der Waals surface area (Å²) in [5, 5.41) is 5.77. The maximum Gasteiger partial charge on any atom is 0.255 e. The highest BCUT2D eigenvalue weighted by Crippen LogP contribution is 2.26. The summed E-state index contributed by atoms with van der Waals surface area (Å²) in [6.07, 6.45) is 0.115. The van der Waals surface area contributed by atoms with E-state index in [1.807, 2.05) is 6.07 Å². The molecule has 4 nitrogen and oxygen atoms in total. The van der Waals surface area contributed by atoms with E-state index in [2.05, 4.69) is 10.6 Å². The highest BCUT2D eigenvalue weighted by Gasteiger charge is 2.10. The van der Waals surface area contributed by atoms with E-state index < -0.39 is 0 Å². The normalized spacial score (nSPS) is 10.3. The first-order chi connectivity index (χ1) is 13.0. The van der Waals surface area contributed by atoms with Crippen LogP contribution in [0.2, 0.25) is 5.02 Å². The third-order valence-corrected chi connectivity index (χ3v) is 4.13. The van der Waals surface area contributed by atoms with Crippen molar-refractivity contribution in [3.05, 3.63) is 94.8 Å². The number of hydrogen-bond acceptors (Lipinski definition) is 2. The molecule has 0 atom stereocenters. The Kier molecular flexibility index (Phi) is 5.84. The van der Waals surface area contributed by atoms with Gasteiger partial charge in [0.15, 0.2) is 0 Å². The van der Waals surface area contributed by atoms with E-state index in [9.17, 15) is 14.0 Å². The van der Waals surface area contributed by atoms with Gasteiger partial charge in [-0.1, -0.05) is 41.9 Å². The van der Waals surface area contributed by atoms with Gasteiger partial charge >= 0.3 is 0 Å². The van der Waals surface area contributed by atoms with Crippen molar-refractivity contribution >= 4 is 34.8 Å². The summed E-state index contributed by atoms with van der Waals surface area (Å²) in [5.41, 5.74) is 2.17. The lowest BCUT2D eigenvalue weighted by Crippen LogP contribution is -2.15. The van der Waals surface area contributed by atoms with Gasteiger partial charge in [-0.2, -0.15) is 0 Å². The summed E-state index contributed by atoms with van der Waals surface area (Å²) in [6, 6.07) is 19.3. The zero-order chi connectivity index (χ0) is 19.2. The molecule has 0 aliphatic rings. The minimum absolute atomic E-state index is 0.115. The zero-order valence-electron chi connectivity index (χ0n) is 14.2. The summed E-state index contributed by atoms with van der Waals surface area (Å²) in [6.45, 7) is 0. The van der Waals surface area contributed by atoms with Crippen LogP contribution < -0.4 is 10.6 Å². The van der Waals surface area contributed by atoms with E-state index in [1.165, 1.54) is 12.1 Å². The third-order valence-electron chi connectivity index (χ3n) is 3.81. The molecule has 0 fully saturated rings. The lowest BCUT2D eigenvalue weighted by Gasteiger charge is -2.10. The zero-order valence-corrected chi connectivity index (χ0v) is 15.0. The van der Waals surface area contributed by atoms with E-state index in [1.54, 1.807) is 54.6 Å². The Bertz CT molecular complexity index is 960. The summed E-state index contributed by atoms with van der Waals surface area (Å²) in [7, 11) is 0. The number of benzene rings is 3. The van der Waals surface area contributed by atoms with Gasteiger partial charge in [0.2, 0.25) is 5.91 Å². The topological polar surface area (TPSA) is 58.2 Å². The molecule has 0 spiro atoms. The second-order valence-corrected chi connectivity index (χ2v) is 6.27. The van der Waals surface area contributed by atoms with Crippen molar-refractivity contribution in [3.63, 3.8) is 0 Å². The Labute approximate surface area is 161 Å². The molecule has 6 heteroatoms. The monoisotopic (exact) mass is 382 g/mol. The molecule has 3 aromatic carbocycles. The number of amides is 2. The van der Waals surface area contributed by atoms with Crippen molar-refractivity contribution in [2.45, 2.75) is 6.42 Å². The van der Waals surface area contributed by atoms with Crippen LogP contribution in [0.1, 0.15) is 15.9 Å². The Morgan fingerprint density at radius 2 is 1.59 bits per heavy atom. The van der Waals surface area contributed by atoms with Crippen molar-refractivity contribution in [1.29, 1.82) is 0 Å². The molecule has 27 heavy (non-hydrogen) atoms. The first-order valence-electron chi connectivity index (χ1n) is 8.21. The highest BCUT2D eigenvalue weighted by atomic mass is 35.5. The summed E-state index contributed by atoms with van der Waals surface area (Å²) in [4.78, 5) is 24.3. The molecule has 0 aliphatic carbocycles. The highest BCUT2D eigenvalue weighted by molar-refractivity contribution is 6.34. The van der Waals surface area contributed by atoms with Crippen molar-refractivity contribution in [2.75, 3.05) is 10.6 Å². The van der Waals surface area contributed by atoms with E-state index >= 15 is 0 Å². The molecule has 2 amide bonds. The van der Waals surface area contributed by atoms with Crippen LogP contribution in [-0.4, -0.2) is 11.8 Å². The van der Waals surface area contributed by atoms with Crippen LogP contribution in [0.4, 0.5) is 15.8 Å². The summed E-state index contributed by atoms with van der Waals surface area (Å²) >= 11 is 6.21. The molecular formula is C21H16ClFN2O2. The number of hydrogen-bond donors (Lipinski definition) is 2. The number of nitrogens with one attached hydrogen (secondary N) is 2. The van der Waals surface area contributed by atoms with Crippen LogP contribution >= 0.6 is 11.6 Å². The molecular weight excluding hydrogens is 367 g/mol. The van der Waals surface area contributed by atoms with Crippen molar-refractivity contribution in [1.82, 2.24) is 0 Å². The fourth-order valence-corrected chi connectivity index (χ4v) is 2.70. The van der Waals surface area contributed by atoms with Crippen LogP contribution in [0.15, 0.2) is 72.8 Å². The molecule has 0 saturated carbocycles. The average molecular weight is 383 g/mol. The first-order valence-corrected chi connectivity index (χ1v) is 8.59. The van der Waals surface area contributed by atoms with Crippen molar-refractivity contribution in [2.24, 2.45) is 0 Å². The largest absolute Gasteiger partial charge is 0.326 e. The lowest BCUT2D eigenvalue weighted by molar-refractivity contribution is -0.115. The average Bonchev–Trinajstić information content (AvgIpc) is 2.66. The van der Waals surface area contributed by atoms with Crippen LogP contribution in [0, 0.1) is 5.82 Å². The standard InChI is InChI=1S/C21H16ClFN2O2/c22-18-13-17(24-20(26)12-14-6-8-16(23)9-7-14)10-11-19(18)25-21(27)15-4-2-1-3-5-15/h1-11,13H,12H2,(H,24,26)(H,25,27). The molecule has 0 aliphatic heterocycles. The number of rotatable bonds is 5. The second kappa shape index (κ2) is 8.47. The number of halogens is 2. The number of carbonyl (C=O) groups excluding carboxylic acids is 2. The van der Waals surface area contributed by atoms with Gasteiger partial charge in [0.05, 0.1) is 17.1 Å². The van der Waals surface area contributed by atoms with Gasteiger partial charge in [-0.05, 0) is 48.0 Å². The van der Waals surface area contributed by atoms with Crippen molar-refractivity contribution in [3.8, 4) is 0 Å². The fourth-order valence-electron chi connectivity index (χ4n) is 2.47. The second-order valence-electron chi connectivity index (χ2n) is 5.87. The molecule has 3 aromatic rings. The molecule has 0 heterocycles.